The number of nitrogens with two attached hydrogens (primary N) is 1. The third-order valence-corrected chi connectivity index (χ3v) is 3.20. The summed E-state index contributed by atoms with van der Waals surface area (Å²) in [5.74, 6) is 0. The van der Waals surface area contributed by atoms with Crippen molar-refractivity contribution in [3.8, 4) is 0 Å². The Bertz CT molecular complexity index is 239. The minimum Gasteiger partial charge on any atom is -0.316 e. The number of hydrogen-bond donors (Lipinski definition) is 2. The molecule has 1 unspecified atom stereocenters. The van der Waals surface area contributed by atoms with Gasteiger partial charge in [0.1, 0.15) is 0 Å². The van der Waals surface area contributed by atoms with E-state index in [0.29, 0.717) is 13.1 Å². The first-order chi connectivity index (χ1) is 5.54. The quantitative estimate of drug-likeness (QED) is 0.583. The van der Waals surface area contributed by atoms with E-state index < -0.39 is 10.2 Å². The zero-order valence-electron chi connectivity index (χ0n) is 7.16. The normalized spacial score (nSPS) is 27.3. The van der Waals surface area contributed by atoms with E-state index in [-0.39, 0.29) is 6.04 Å². The Kier molecular flexibility index (Phi) is 3.05. The molecular formula is C6H15N3O2S. The molecule has 0 saturated carbocycles. The predicted molar refractivity (Wildman–Crippen MR) is 46.8 cm³/mol. The van der Waals surface area contributed by atoms with Crippen LogP contribution >= 0.6 is 0 Å². The van der Waals surface area contributed by atoms with Crippen molar-refractivity contribution in [3.63, 3.8) is 0 Å². The van der Waals surface area contributed by atoms with E-state index in [0.717, 1.165) is 12.8 Å². The molecule has 1 fully saturated rings. The number of likely N-dealkylation sites (N-methyl/N-ethyl adjacent to an activating group) is 1. The highest BCUT2D eigenvalue weighted by Gasteiger charge is 2.24. The van der Waals surface area contributed by atoms with Gasteiger partial charge in [0, 0.05) is 19.1 Å². The molecule has 1 aliphatic rings. The largest absolute Gasteiger partial charge is 0.316 e. The Morgan fingerprint density at radius 1 is 1.58 bits per heavy atom. The van der Waals surface area contributed by atoms with Gasteiger partial charge in [-0.1, -0.05) is 0 Å². The van der Waals surface area contributed by atoms with Crippen LogP contribution in [0.3, 0.4) is 0 Å². The van der Waals surface area contributed by atoms with Crippen LogP contribution in [0.1, 0.15) is 12.8 Å². The van der Waals surface area contributed by atoms with Crippen LogP contribution < -0.4 is 10.5 Å². The first kappa shape index (κ1) is 9.91. The summed E-state index contributed by atoms with van der Waals surface area (Å²) in [4.78, 5) is 0. The van der Waals surface area contributed by atoms with Crippen molar-refractivity contribution >= 4 is 10.2 Å². The summed E-state index contributed by atoms with van der Waals surface area (Å²) in [6.45, 7) is 1.05. The number of nitrogens with zero attached hydrogens (tertiary/aromatic N) is 1. The molecule has 0 spiro atoms. The molecule has 6 heteroatoms. The predicted octanol–water partition coefficient (Wildman–Crippen LogP) is -1.13. The molecule has 1 atom stereocenters. The molecule has 72 valence electrons. The van der Waals surface area contributed by atoms with E-state index in [2.05, 4.69) is 5.32 Å². The van der Waals surface area contributed by atoms with Crippen LogP contribution in [0, 0.1) is 0 Å². The van der Waals surface area contributed by atoms with Crippen LogP contribution in [0.25, 0.3) is 0 Å². The highest BCUT2D eigenvalue weighted by Crippen LogP contribution is 2.11. The van der Waals surface area contributed by atoms with E-state index in [1.807, 2.05) is 7.05 Å². The minimum absolute atomic E-state index is 0.247. The summed E-state index contributed by atoms with van der Waals surface area (Å²) in [5, 5.41) is 8.04. The molecule has 1 saturated heterocycles. The standard InChI is InChI=1S/C6H15N3O2S/c1-8-6-3-2-4-9(5-6)12(7,10)11/h6,8H,2-5H2,1H3,(H2,7,10,11). The highest BCUT2D eigenvalue weighted by atomic mass is 32.2. The monoisotopic (exact) mass is 193 g/mol. The van der Waals surface area contributed by atoms with Gasteiger partial charge in [0.05, 0.1) is 0 Å². The Balaban J connectivity index is 2.58. The van der Waals surface area contributed by atoms with Gasteiger partial charge in [0.15, 0.2) is 0 Å². The summed E-state index contributed by atoms with van der Waals surface area (Å²) in [6, 6.07) is 0.247. The van der Waals surface area contributed by atoms with Crippen LogP contribution in [0.4, 0.5) is 0 Å². The molecule has 0 aromatic heterocycles. The van der Waals surface area contributed by atoms with E-state index in [9.17, 15) is 8.42 Å². The second kappa shape index (κ2) is 3.69. The Hall–Kier alpha value is -0.170. The van der Waals surface area contributed by atoms with Gasteiger partial charge in [0.25, 0.3) is 10.2 Å². The third-order valence-electron chi connectivity index (χ3n) is 2.15. The van der Waals surface area contributed by atoms with Crippen molar-refractivity contribution in [1.82, 2.24) is 9.62 Å². The lowest BCUT2D eigenvalue weighted by Crippen LogP contribution is -2.49. The van der Waals surface area contributed by atoms with E-state index in [1.165, 1.54) is 4.31 Å². The van der Waals surface area contributed by atoms with Gasteiger partial charge in [-0.25, -0.2) is 5.14 Å². The molecule has 0 aromatic rings. The van der Waals surface area contributed by atoms with Gasteiger partial charge < -0.3 is 5.32 Å². The van der Waals surface area contributed by atoms with Crippen LogP contribution in [0.2, 0.25) is 0 Å². The van der Waals surface area contributed by atoms with Crippen molar-refractivity contribution in [2.75, 3.05) is 20.1 Å². The second-order valence-corrected chi connectivity index (χ2v) is 4.58. The zero-order valence-corrected chi connectivity index (χ0v) is 7.97. The molecule has 0 aromatic carbocycles. The minimum atomic E-state index is -3.48. The molecule has 0 bridgehead atoms. The van der Waals surface area contributed by atoms with Gasteiger partial charge in [-0.3, -0.25) is 0 Å². The Morgan fingerprint density at radius 3 is 2.75 bits per heavy atom. The number of piperidine rings is 1. The molecule has 0 radical (unpaired) electrons. The Morgan fingerprint density at radius 2 is 2.25 bits per heavy atom. The number of hydrogen-bond acceptors (Lipinski definition) is 3. The SMILES string of the molecule is CNC1CCCN(S(N)(=O)=O)C1. The second-order valence-electron chi connectivity index (χ2n) is 3.03. The van der Waals surface area contributed by atoms with E-state index >= 15 is 0 Å². The smallest absolute Gasteiger partial charge is 0.276 e. The average Bonchev–Trinajstić information content (AvgIpc) is 2.03. The van der Waals surface area contributed by atoms with E-state index in [1.54, 1.807) is 0 Å². The maximum absolute atomic E-state index is 10.9. The number of nitrogens with one attached hydrogen (secondary N) is 1. The molecule has 1 heterocycles. The molecule has 1 rings (SSSR count). The molecule has 0 aliphatic carbocycles. The molecule has 0 amide bonds. The van der Waals surface area contributed by atoms with Crippen LogP contribution in [-0.2, 0) is 10.2 Å². The fraction of sp³-hybridized carbons (Fsp3) is 1.00. The molecule has 5 nitrogen and oxygen atoms in total. The summed E-state index contributed by atoms with van der Waals surface area (Å²) >= 11 is 0. The first-order valence-electron chi connectivity index (χ1n) is 3.99. The highest BCUT2D eigenvalue weighted by molar-refractivity contribution is 7.86. The zero-order chi connectivity index (χ0) is 9.19. The summed E-state index contributed by atoms with van der Waals surface area (Å²) in [5.41, 5.74) is 0. The van der Waals surface area contributed by atoms with Gasteiger partial charge in [-0.05, 0) is 19.9 Å². The maximum Gasteiger partial charge on any atom is 0.276 e. The van der Waals surface area contributed by atoms with Crippen molar-refractivity contribution in [2.45, 2.75) is 18.9 Å². The van der Waals surface area contributed by atoms with Crippen molar-refractivity contribution < 1.29 is 8.42 Å². The van der Waals surface area contributed by atoms with Gasteiger partial charge in [-0.2, -0.15) is 12.7 Å². The van der Waals surface area contributed by atoms with Gasteiger partial charge in [-0.15, -0.1) is 0 Å². The van der Waals surface area contributed by atoms with Crippen molar-refractivity contribution in [1.29, 1.82) is 0 Å². The number of rotatable bonds is 2. The fourth-order valence-corrected chi connectivity index (χ4v) is 2.18. The average molecular weight is 193 g/mol. The molecule has 1 aliphatic heterocycles. The molecular weight excluding hydrogens is 178 g/mol. The fourth-order valence-electron chi connectivity index (χ4n) is 1.41. The van der Waals surface area contributed by atoms with Crippen LogP contribution in [-0.4, -0.2) is 38.9 Å². The van der Waals surface area contributed by atoms with Gasteiger partial charge >= 0.3 is 0 Å². The summed E-state index contributed by atoms with van der Waals surface area (Å²) < 4.78 is 23.2. The maximum atomic E-state index is 10.9. The molecule has 12 heavy (non-hydrogen) atoms. The van der Waals surface area contributed by atoms with Gasteiger partial charge in [0.2, 0.25) is 0 Å². The van der Waals surface area contributed by atoms with Crippen molar-refractivity contribution in [2.24, 2.45) is 5.14 Å². The van der Waals surface area contributed by atoms with Crippen LogP contribution in [0.15, 0.2) is 0 Å². The van der Waals surface area contributed by atoms with E-state index in [4.69, 9.17) is 5.14 Å². The lowest BCUT2D eigenvalue weighted by molar-refractivity contribution is 0.293. The van der Waals surface area contributed by atoms with Crippen LogP contribution in [0.5, 0.6) is 0 Å². The first-order valence-corrected chi connectivity index (χ1v) is 5.49. The van der Waals surface area contributed by atoms with Crippen molar-refractivity contribution in [3.05, 3.63) is 0 Å². The summed E-state index contributed by atoms with van der Waals surface area (Å²) in [7, 11) is -1.64. The summed E-state index contributed by atoms with van der Waals surface area (Å²) in [6.07, 6.45) is 1.89. The Labute approximate surface area is 73.1 Å². The lowest BCUT2D eigenvalue weighted by atomic mass is 10.1. The third kappa shape index (κ3) is 2.41. The topological polar surface area (TPSA) is 75.4 Å². The molecule has 3 N–H and O–H groups in total. The lowest BCUT2D eigenvalue weighted by Gasteiger charge is -2.30.